The Morgan fingerprint density at radius 1 is 1.00 bits per heavy atom. The Morgan fingerprint density at radius 2 is 1.81 bits per heavy atom. The normalized spacial score (nSPS) is 19.1. The lowest BCUT2D eigenvalue weighted by Crippen LogP contribution is -2.30. The van der Waals surface area contributed by atoms with Gasteiger partial charge in [-0.25, -0.2) is 4.98 Å². The summed E-state index contributed by atoms with van der Waals surface area (Å²) in [6, 6.07) is 15.3. The van der Waals surface area contributed by atoms with Gasteiger partial charge < -0.3 is 0 Å². The molecule has 1 aromatic carbocycles. The summed E-state index contributed by atoms with van der Waals surface area (Å²) in [5.74, 6) is 0.804. The zero-order valence-electron chi connectivity index (χ0n) is 16.0. The fourth-order valence-corrected chi connectivity index (χ4v) is 4.58. The topological polar surface area (TPSA) is 16.1 Å². The van der Waals surface area contributed by atoms with Crippen LogP contribution in [0.3, 0.4) is 0 Å². The number of nitrogens with zero attached hydrogens (tertiary/aromatic N) is 2. The molecule has 2 nitrogen and oxygen atoms in total. The number of hydrogen-bond acceptors (Lipinski definition) is 2. The van der Waals surface area contributed by atoms with Crippen molar-refractivity contribution >= 4 is 17.2 Å². The van der Waals surface area contributed by atoms with E-state index in [0.717, 1.165) is 44.1 Å². The summed E-state index contributed by atoms with van der Waals surface area (Å²) in [5.41, 5.74) is 5.37. The predicted molar refractivity (Wildman–Crippen MR) is 114 cm³/mol. The van der Waals surface area contributed by atoms with Crippen molar-refractivity contribution in [1.29, 1.82) is 0 Å². The Bertz CT molecular complexity index is 775. The van der Waals surface area contributed by atoms with Gasteiger partial charge in [0.2, 0.25) is 0 Å². The van der Waals surface area contributed by atoms with Crippen molar-refractivity contribution in [3.05, 3.63) is 70.5 Å². The molecule has 0 amide bonds. The average molecular weight is 381 g/mol. The number of aromatic nitrogens is 1. The third-order valence-electron chi connectivity index (χ3n) is 6.11. The quantitative estimate of drug-likeness (QED) is 0.581. The first-order valence-corrected chi connectivity index (χ1v) is 10.8. The molecule has 0 atom stereocenters. The third kappa shape index (κ3) is 5.00. The molecule has 0 saturated heterocycles. The molecule has 142 valence electrons. The van der Waals surface area contributed by atoms with E-state index in [1.807, 2.05) is 12.1 Å². The minimum Gasteiger partial charge on any atom is -0.299 e. The standard InChI is InChI=1S/C24H29ClN2/c25-24-8-4-7-23(26-24)22-14-17-27(18-15-22)16-13-19-9-11-21(12-10-19)20-5-2-1-3-6-20/h4,7-12,14,20H,1-3,5-6,13,15-18H2. The summed E-state index contributed by atoms with van der Waals surface area (Å²) >= 11 is 6.02. The number of benzene rings is 1. The fraction of sp³-hybridized carbons (Fsp3) is 0.458. The van der Waals surface area contributed by atoms with Crippen LogP contribution in [-0.4, -0.2) is 29.5 Å². The second kappa shape index (κ2) is 9.03. The van der Waals surface area contributed by atoms with E-state index in [4.69, 9.17) is 11.6 Å². The summed E-state index contributed by atoms with van der Waals surface area (Å²) in [6.45, 7) is 3.22. The van der Waals surface area contributed by atoms with Crippen molar-refractivity contribution in [3.63, 3.8) is 0 Å². The van der Waals surface area contributed by atoms with Crippen molar-refractivity contribution in [1.82, 2.24) is 9.88 Å². The highest BCUT2D eigenvalue weighted by atomic mass is 35.5. The van der Waals surface area contributed by atoms with Crippen LogP contribution in [0, 0.1) is 0 Å². The SMILES string of the molecule is Clc1cccc(C2=CCN(CCc3ccc(C4CCCCC4)cc3)CC2)n1. The van der Waals surface area contributed by atoms with E-state index >= 15 is 0 Å². The molecule has 2 heterocycles. The van der Waals surface area contributed by atoms with Gasteiger partial charge in [-0.05, 0) is 60.4 Å². The van der Waals surface area contributed by atoms with Crippen molar-refractivity contribution < 1.29 is 0 Å². The molecule has 2 aliphatic rings. The smallest absolute Gasteiger partial charge is 0.129 e. The second-order valence-corrected chi connectivity index (χ2v) is 8.34. The van der Waals surface area contributed by atoms with Crippen molar-refractivity contribution in [3.8, 4) is 0 Å². The zero-order valence-corrected chi connectivity index (χ0v) is 16.8. The average Bonchev–Trinajstić information content (AvgIpc) is 2.74. The van der Waals surface area contributed by atoms with Crippen molar-refractivity contribution in [2.75, 3.05) is 19.6 Å². The van der Waals surface area contributed by atoms with E-state index in [1.165, 1.54) is 43.2 Å². The van der Waals surface area contributed by atoms with E-state index in [1.54, 1.807) is 5.56 Å². The van der Waals surface area contributed by atoms with Gasteiger partial charge in [0.05, 0.1) is 5.69 Å². The summed E-state index contributed by atoms with van der Waals surface area (Å²) in [5, 5.41) is 0.576. The van der Waals surface area contributed by atoms with Crippen LogP contribution in [0.15, 0.2) is 48.5 Å². The lowest BCUT2D eigenvalue weighted by atomic mass is 9.84. The molecule has 1 fully saturated rings. The van der Waals surface area contributed by atoms with Crippen LogP contribution in [0.5, 0.6) is 0 Å². The van der Waals surface area contributed by atoms with Crippen LogP contribution >= 0.6 is 11.6 Å². The number of rotatable bonds is 5. The molecule has 0 N–H and O–H groups in total. The van der Waals surface area contributed by atoms with E-state index < -0.39 is 0 Å². The van der Waals surface area contributed by atoms with Crippen LogP contribution in [0.25, 0.3) is 5.57 Å². The molecule has 0 unspecified atom stereocenters. The molecule has 3 heteroatoms. The maximum absolute atomic E-state index is 6.02. The zero-order chi connectivity index (χ0) is 18.5. The Labute approximate surface area is 168 Å². The lowest BCUT2D eigenvalue weighted by molar-refractivity contribution is 0.305. The molecule has 1 aromatic heterocycles. The molecular weight excluding hydrogens is 352 g/mol. The van der Waals surface area contributed by atoms with Crippen LogP contribution in [0.1, 0.15) is 61.3 Å². The van der Waals surface area contributed by atoms with Crippen molar-refractivity contribution in [2.45, 2.75) is 50.9 Å². The van der Waals surface area contributed by atoms with Gasteiger partial charge in [0.15, 0.2) is 0 Å². The molecule has 1 saturated carbocycles. The van der Waals surface area contributed by atoms with Gasteiger partial charge in [-0.15, -0.1) is 0 Å². The first kappa shape index (κ1) is 18.7. The Morgan fingerprint density at radius 3 is 2.52 bits per heavy atom. The van der Waals surface area contributed by atoms with Gasteiger partial charge in [0, 0.05) is 19.6 Å². The molecule has 0 bridgehead atoms. The number of pyridine rings is 1. The van der Waals surface area contributed by atoms with Gasteiger partial charge in [-0.3, -0.25) is 4.90 Å². The molecule has 1 aliphatic heterocycles. The Hall–Kier alpha value is -1.64. The van der Waals surface area contributed by atoms with E-state index in [-0.39, 0.29) is 0 Å². The molecule has 2 aromatic rings. The highest BCUT2D eigenvalue weighted by molar-refractivity contribution is 6.29. The van der Waals surface area contributed by atoms with Crippen LogP contribution in [0.2, 0.25) is 5.15 Å². The maximum atomic E-state index is 6.02. The van der Waals surface area contributed by atoms with Gasteiger partial charge >= 0.3 is 0 Å². The lowest BCUT2D eigenvalue weighted by Gasteiger charge is -2.26. The van der Waals surface area contributed by atoms with Gasteiger partial charge in [-0.2, -0.15) is 0 Å². The summed E-state index contributed by atoms with van der Waals surface area (Å²) < 4.78 is 0. The summed E-state index contributed by atoms with van der Waals surface area (Å²) in [6.07, 6.45) is 11.5. The van der Waals surface area contributed by atoms with Crippen LogP contribution in [-0.2, 0) is 6.42 Å². The number of halogens is 1. The maximum Gasteiger partial charge on any atom is 0.129 e. The highest BCUT2D eigenvalue weighted by Crippen LogP contribution is 2.32. The highest BCUT2D eigenvalue weighted by Gasteiger charge is 2.16. The Balaban J connectivity index is 1.28. The third-order valence-corrected chi connectivity index (χ3v) is 6.32. The molecule has 27 heavy (non-hydrogen) atoms. The monoisotopic (exact) mass is 380 g/mol. The predicted octanol–water partition coefficient (Wildman–Crippen LogP) is 6.11. The summed E-state index contributed by atoms with van der Waals surface area (Å²) in [4.78, 5) is 6.97. The van der Waals surface area contributed by atoms with Gasteiger partial charge in [0.25, 0.3) is 0 Å². The molecule has 0 radical (unpaired) electrons. The van der Waals surface area contributed by atoms with E-state index in [9.17, 15) is 0 Å². The largest absolute Gasteiger partial charge is 0.299 e. The molecule has 4 rings (SSSR count). The first-order chi connectivity index (χ1) is 13.3. The molecular formula is C24H29ClN2. The molecule has 0 spiro atoms. The van der Waals surface area contributed by atoms with Crippen LogP contribution < -0.4 is 0 Å². The Kier molecular flexibility index (Phi) is 6.26. The van der Waals surface area contributed by atoms with Crippen LogP contribution in [0.4, 0.5) is 0 Å². The van der Waals surface area contributed by atoms with Crippen molar-refractivity contribution in [2.24, 2.45) is 0 Å². The molecule has 1 aliphatic carbocycles. The van der Waals surface area contributed by atoms with Gasteiger partial charge in [0.1, 0.15) is 5.15 Å². The summed E-state index contributed by atoms with van der Waals surface area (Å²) in [7, 11) is 0. The van der Waals surface area contributed by atoms with E-state index in [2.05, 4.69) is 46.3 Å². The van der Waals surface area contributed by atoms with Gasteiger partial charge in [-0.1, -0.05) is 67.3 Å². The fourth-order valence-electron chi connectivity index (χ4n) is 4.41. The minimum atomic E-state index is 0.576. The second-order valence-electron chi connectivity index (χ2n) is 7.95. The minimum absolute atomic E-state index is 0.576. The number of hydrogen-bond donors (Lipinski definition) is 0. The first-order valence-electron chi connectivity index (χ1n) is 10.4. The van der Waals surface area contributed by atoms with E-state index in [0.29, 0.717) is 5.15 Å².